The number of nitrogens with two attached hydrogens (primary N) is 1. The highest BCUT2D eigenvalue weighted by Crippen LogP contribution is 2.09. The van der Waals surface area contributed by atoms with Crippen molar-refractivity contribution in [2.24, 2.45) is 0 Å². The predicted molar refractivity (Wildman–Crippen MR) is 62.7 cm³/mol. The van der Waals surface area contributed by atoms with Crippen LogP contribution < -0.4 is 11.3 Å². The summed E-state index contributed by atoms with van der Waals surface area (Å²) in [4.78, 5) is 37.1. The highest BCUT2D eigenvalue weighted by molar-refractivity contribution is 5.81. The second-order valence-electron chi connectivity index (χ2n) is 3.45. The minimum absolute atomic E-state index is 0.0300. The summed E-state index contributed by atoms with van der Waals surface area (Å²) in [7, 11) is 0. The average molecular weight is 249 g/mol. The van der Waals surface area contributed by atoms with E-state index in [2.05, 4.69) is 19.9 Å². The number of aromatic nitrogens is 4. The number of hydrogen-bond donors (Lipinski definition) is 2. The highest BCUT2D eigenvalue weighted by atomic mass is 16.5. The number of carbonyl (C=O) groups excluding carboxylic acids is 1. The molecule has 0 radical (unpaired) electrons. The molecule has 2 rings (SSSR count). The van der Waals surface area contributed by atoms with Crippen LogP contribution in [-0.4, -0.2) is 32.5 Å². The summed E-state index contributed by atoms with van der Waals surface area (Å²) in [5, 5.41) is 0. The molecular weight excluding hydrogens is 238 g/mol. The van der Waals surface area contributed by atoms with Gasteiger partial charge in [-0.05, 0) is 6.92 Å². The number of nitrogens with zero attached hydrogens (tertiary/aromatic N) is 3. The van der Waals surface area contributed by atoms with E-state index in [1.54, 1.807) is 6.92 Å². The van der Waals surface area contributed by atoms with Gasteiger partial charge >= 0.3 is 5.97 Å². The van der Waals surface area contributed by atoms with Gasteiger partial charge < -0.3 is 15.5 Å². The van der Waals surface area contributed by atoms with Crippen molar-refractivity contribution >= 4 is 23.0 Å². The van der Waals surface area contributed by atoms with Gasteiger partial charge in [-0.1, -0.05) is 0 Å². The third-order valence-electron chi connectivity index (χ3n) is 2.21. The first-order chi connectivity index (χ1) is 8.61. The standard InChI is InChI=1S/C10H11N5O3/c1-2-18-6(16)3-5-10(17)15-9-7(14-5)8(11)12-4-13-9/h4H,2-3H2,1H3,(H3,11,12,13,15,17). The molecule has 0 bridgehead atoms. The van der Waals surface area contributed by atoms with Crippen molar-refractivity contribution in [3.8, 4) is 0 Å². The van der Waals surface area contributed by atoms with Crippen LogP contribution >= 0.6 is 0 Å². The number of esters is 1. The zero-order valence-electron chi connectivity index (χ0n) is 9.64. The van der Waals surface area contributed by atoms with Gasteiger partial charge in [0.2, 0.25) is 0 Å². The zero-order valence-corrected chi connectivity index (χ0v) is 9.64. The number of H-pyrrole nitrogens is 1. The summed E-state index contributed by atoms with van der Waals surface area (Å²) < 4.78 is 4.75. The number of nitrogen functional groups attached to an aromatic ring is 1. The second kappa shape index (κ2) is 4.78. The van der Waals surface area contributed by atoms with Crippen molar-refractivity contribution in [1.82, 2.24) is 19.9 Å². The molecule has 0 fully saturated rings. The molecule has 0 unspecified atom stereocenters. The summed E-state index contributed by atoms with van der Waals surface area (Å²) in [6.45, 7) is 1.93. The Bertz CT molecular complexity index is 651. The number of rotatable bonds is 3. The third-order valence-corrected chi connectivity index (χ3v) is 2.21. The molecule has 0 amide bonds. The predicted octanol–water partition coefficient (Wildman–Crippen LogP) is -0.599. The molecule has 8 heteroatoms. The molecule has 2 aromatic rings. The summed E-state index contributed by atoms with van der Waals surface area (Å²) in [5.74, 6) is -0.383. The van der Waals surface area contributed by atoms with Crippen molar-refractivity contribution in [2.75, 3.05) is 12.3 Å². The molecule has 0 aliphatic rings. The van der Waals surface area contributed by atoms with Gasteiger partial charge in [0.05, 0.1) is 13.0 Å². The summed E-state index contributed by atoms with van der Waals surface area (Å²) in [5.41, 5.74) is 5.65. The quantitative estimate of drug-likeness (QED) is 0.696. The van der Waals surface area contributed by atoms with Gasteiger partial charge in [0.15, 0.2) is 11.5 Å². The van der Waals surface area contributed by atoms with Gasteiger partial charge in [-0.25, -0.2) is 15.0 Å². The Morgan fingerprint density at radius 1 is 1.50 bits per heavy atom. The molecule has 18 heavy (non-hydrogen) atoms. The van der Waals surface area contributed by atoms with Crippen molar-refractivity contribution in [2.45, 2.75) is 13.3 Å². The van der Waals surface area contributed by atoms with Crippen LogP contribution in [0, 0.1) is 0 Å². The molecule has 3 N–H and O–H groups in total. The molecule has 0 spiro atoms. The Kier molecular flexibility index (Phi) is 3.18. The fourth-order valence-corrected chi connectivity index (χ4v) is 1.43. The van der Waals surface area contributed by atoms with Gasteiger partial charge in [0, 0.05) is 0 Å². The molecule has 2 heterocycles. The van der Waals surface area contributed by atoms with E-state index in [9.17, 15) is 9.59 Å². The first-order valence-electron chi connectivity index (χ1n) is 5.26. The lowest BCUT2D eigenvalue weighted by Crippen LogP contribution is -2.21. The maximum atomic E-state index is 11.7. The van der Waals surface area contributed by atoms with Crippen LogP contribution in [0.5, 0.6) is 0 Å². The first kappa shape index (κ1) is 12.0. The summed E-state index contributed by atoms with van der Waals surface area (Å²) in [6.07, 6.45) is 1.01. The van der Waals surface area contributed by atoms with Crippen molar-refractivity contribution in [3.63, 3.8) is 0 Å². The minimum atomic E-state index is -0.523. The SMILES string of the molecule is CCOC(=O)Cc1nc2c(N)ncnc2[nH]c1=O. The zero-order chi connectivity index (χ0) is 13.1. The lowest BCUT2D eigenvalue weighted by molar-refractivity contribution is -0.142. The number of nitrogens with one attached hydrogen (secondary N) is 1. The lowest BCUT2D eigenvalue weighted by atomic mass is 10.3. The number of anilines is 1. The molecule has 8 nitrogen and oxygen atoms in total. The van der Waals surface area contributed by atoms with E-state index in [0.717, 1.165) is 0 Å². The van der Waals surface area contributed by atoms with Crippen LogP contribution in [0.3, 0.4) is 0 Å². The average Bonchev–Trinajstić information content (AvgIpc) is 2.31. The van der Waals surface area contributed by atoms with Crippen molar-refractivity contribution < 1.29 is 9.53 Å². The number of hydrogen-bond acceptors (Lipinski definition) is 7. The van der Waals surface area contributed by atoms with Crippen LogP contribution in [0.2, 0.25) is 0 Å². The monoisotopic (exact) mass is 249 g/mol. The molecule has 0 saturated carbocycles. The summed E-state index contributed by atoms with van der Waals surface area (Å²) in [6, 6.07) is 0. The Balaban J connectivity index is 2.45. The fraction of sp³-hybridized carbons (Fsp3) is 0.300. The third kappa shape index (κ3) is 2.26. The maximum Gasteiger partial charge on any atom is 0.312 e. The van der Waals surface area contributed by atoms with E-state index in [4.69, 9.17) is 10.5 Å². The topological polar surface area (TPSA) is 124 Å². The van der Waals surface area contributed by atoms with Gasteiger partial charge in [-0.2, -0.15) is 0 Å². The Hall–Kier alpha value is -2.51. The molecule has 0 aromatic carbocycles. The first-order valence-corrected chi connectivity index (χ1v) is 5.26. The van der Waals surface area contributed by atoms with Gasteiger partial charge in [-0.3, -0.25) is 9.59 Å². The van der Waals surface area contributed by atoms with E-state index in [0.29, 0.717) is 0 Å². The number of ether oxygens (including phenoxy) is 1. The van der Waals surface area contributed by atoms with Crippen LogP contribution in [0.25, 0.3) is 11.2 Å². The van der Waals surface area contributed by atoms with Gasteiger partial charge in [-0.15, -0.1) is 0 Å². The Morgan fingerprint density at radius 3 is 3.00 bits per heavy atom. The van der Waals surface area contributed by atoms with E-state index in [1.165, 1.54) is 6.33 Å². The lowest BCUT2D eigenvalue weighted by Gasteiger charge is -2.03. The van der Waals surface area contributed by atoms with Gasteiger partial charge in [0.1, 0.15) is 17.5 Å². The fourth-order valence-electron chi connectivity index (χ4n) is 1.43. The number of fused-ring (bicyclic) bond motifs is 1. The molecule has 0 aliphatic heterocycles. The molecule has 0 aliphatic carbocycles. The van der Waals surface area contributed by atoms with Crippen molar-refractivity contribution in [1.29, 1.82) is 0 Å². The second-order valence-corrected chi connectivity index (χ2v) is 3.45. The van der Waals surface area contributed by atoms with Crippen LogP contribution in [0.15, 0.2) is 11.1 Å². The molecule has 2 aromatic heterocycles. The van der Waals surface area contributed by atoms with Gasteiger partial charge in [0.25, 0.3) is 5.56 Å². The number of aromatic amines is 1. The number of carbonyl (C=O) groups is 1. The largest absolute Gasteiger partial charge is 0.466 e. The highest BCUT2D eigenvalue weighted by Gasteiger charge is 2.12. The molecule has 0 saturated heterocycles. The smallest absolute Gasteiger partial charge is 0.312 e. The van der Waals surface area contributed by atoms with Crippen LogP contribution in [0.4, 0.5) is 5.82 Å². The van der Waals surface area contributed by atoms with Crippen LogP contribution in [0.1, 0.15) is 12.6 Å². The molecule has 94 valence electrons. The van der Waals surface area contributed by atoms with E-state index in [-0.39, 0.29) is 35.7 Å². The normalized spacial score (nSPS) is 10.5. The summed E-state index contributed by atoms with van der Waals surface area (Å²) >= 11 is 0. The van der Waals surface area contributed by atoms with Crippen molar-refractivity contribution in [3.05, 3.63) is 22.4 Å². The minimum Gasteiger partial charge on any atom is -0.466 e. The Morgan fingerprint density at radius 2 is 2.28 bits per heavy atom. The molecular formula is C10H11N5O3. The maximum absolute atomic E-state index is 11.7. The van der Waals surface area contributed by atoms with E-state index in [1.807, 2.05) is 0 Å². The van der Waals surface area contributed by atoms with Crippen LogP contribution in [-0.2, 0) is 16.0 Å². The Labute approximate surface area is 101 Å². The van der Waals surface area contributed by atoms with E-state index < -0.39 is 11.5 Å². The van der Waals surface area contributed by atoms with E-state index >= 15 is 0 Å². The molecule has 0 atom stereocenters.